The minimum Gasteiger partial charge on any atom is -0.448 e. The molecule has 2 aliphatic heterocycles. The van der Waals surface area contributed by atoms with Crippen LogP contribution in [0.1, 0.15) is 22.8 Å². The van der Waals surface area contributed by atoms with Crippen LogP contribution in [0.3, 0.4) is 0 Å². The van der Waals surface area contributed by atoms with Crippen LogP contribution in [0, 0.1) is 0 Å². The Bertz CT molecular complexity index is 1820. The van der Waals surface area contributed by atoms with Crippen LogP contribution in [0.5, 0.6) is 0 Å². The highest BCUT2D eigenvalue weighted by molar-refractivity contribution is 8.04. The highest BCUT2D eigenvalue weighted by Crippen LogP contribution is 2.42. The van der Waals surface area contributed by atoms with E-state index in [1.54, 1.807) is 11.5 Å². The van der Waals surface area contributed by atoms with Crippen LogP contribution in [-0.4, -0.2) is 33.9 Å². The molecule has 2 atom stereocenters. The third kappa shape index (κ3) is 5.82. The second kappa shape index (κ2) is 12.3. The number of esters is 1. The van der Waals surface area contributed by atoms with Crippen LogP contribution in [0.15, 0.2) is 117 Å². The standard InChI is InChI=1S/C32H23F3N2O4S3/c33-32(34,35)21-12-7-13-23-25(21)22(38)16-24(44-23)42-15-14-20-17-43-30-26(36)29(39)37(30)27(20)31(40)41-28(18-8-3-1-4-9-18)19-10-5-2-6-11-19/h1-16,26,28,30H,17,36H2/t26-,30+/m0/s1. The van der Waals surface area contributed by atoms with Crippen molar-refractivity contribution in [2.45, 2.75) is 27.9 Å². The molecule has 6 nitrogen and oxygen atoms in total. The number of amides is 1. The number of hydrogen-bond donors (Lipinski definition) is 1. The predicted octanol–water partition coefficient (Wildman–Crippen LogP) is 6.72. The maximum absolute atomic E-state index is 13.8. The number of alkyl halides is 3. The fourth-order valence-corrected chi connectivity index (χ4v) is 8.35. The third-order valence-corrected chi connectivity index (χ3v) is 10.5. The topological polar surface area (TPSA) is 89.7 Å². The lowest BCUT2D eigenvalue weighted by Crippen LogP contribution is -2.68. The molecule has 0 unspecified atom stereocenters. The number of nitrogens with two attached hydrogens (primary N) is 1. The number of carbonyl (C=O) groups excluding carboxylic acids is 2. The van der Waals surface area contributed by atoms with Gasteiger partial charge in [0.25, 0.3) is 0 Å². The van der Waals surface area contributed by atoms with E-state index in [0.29, 0.717) is 15.5 Å². The number of fused-ring (bicyclic) bond motifs is 2. The summed E-state index contributed by atoms with van der Waals surface area (Å²) in [6.45, 7) is 0. The summed E-state index contributed by atoms with van der Waals surface area (Å²) >= 11 is 3.61. The van der Waals surface area contributed by atoms with Gasteiger partial charge in [0.1, 0.15) is 17.1 Å². The minimum atomic E-state index is -4.65. The molecule has 2 N–H and O–H groups in total. The molecule has 0 bridgehead atoms. The molecule has 0 spiro atoms. The fraction of sp³-hybridized carbons (Fsp3) is 0.156. The first-order chi connectivity index (χ1) is 21.1. The molecule has 0 radical (unpaired) electrons. The van der Waals surface area contributed by atoms with Gasteiger partial charge in [-0.2, -0.15) is 13.2 Å². The highest BCUT2D eigenvalue weighted by atomic mass is 32.2. The quantitative estimate of drug-likeness (QED) is 0.135. The molecule has 1 saturated heterocycles. The Morgan fingerprint density at radius 2 is 1.66 bits per heavy atom. The Balaban J connectivity index is 1.32. The van der Waals surface area contributed by atoms with Gasteiger partial charge in [0.05, 0.1) is 15.2 Å². The van der Waals surface area contributed by atoms with E-state index in [9.17, 15) is 27.6 Å². The van der Waals surface area contributed by atoms with Crippen LogP contribution in [-0.2, 0) is 20.5 Å². The number of hydrogen-bond acceptors (Lipinski definition) is 8. The minimum absolute atomic E-state index is 0.0932. The van der Waals surface area contributed by atoms with Gasteiger partial charge in [0.15, 0.2) is 11.5 Å². The average Bonchev–Trinajstić information content (AvgIpc) is 3.03. The molecule has 1 aromatic heterocycles. The molecule has 4 aromatic rings. The molecular weight excluding hydrogens is 630 g/mol. The first kappa shape index (κ1) is 30.2. The van der Waals surface area contributed by atoms with E-state index < -0.39 is 46.6 Å². The fourth-order valence-electron chi connectivity index (χ4n) is 5.07. The molecule has 1 amide bonds. The van der Waals surface area contributed by atoms with Crippen molar-refractivity contribution in [2.24, 2.45) is 5.73 Å². The van der Waals surface area contributed by atoms with Gasteiger partial charge in [-0.05, 0) is 40.3 Å². The van der Waals surface area contributed by atoms with Crippen molar-refractivity contribution in [2.75, 3.05) is 5.75 Å². The van der Waals surface area contributed by atoms with E-state index >= 15 is 0 Å². The SMILES string of the molecule is N[C@H]1C(=O)N2C(C(=O)OC(c3ccccc3)c3ccccc3)=C(C=CSc3cc(=O)c4c(C(F)(F)F)cccc4s3)CS[C@H]12. The number of nitrogens with zero attached hydrogens (tertiary/aromatic N) is 1. The summed E-state index contributed by atoms with van der Waals surface area (Å²) in [6, 6.07) is 22.6. The summed E-state index contributed by atoms with van der Waals surface area (Å²) in [4.78, 5) is 40.8. The van der Waals surface area contributed by atoms with E-state index in [-0.39, 0.29) is 15.8 Å². The molecule has 44 heavy (non-hydrogen) atoms. The number of allylic oxidation sites excluding steroid dienone is 1. The molecule has 224 valence electrons. The largest absolute Gasteiger partial charge is 0.448 e. The Labute approximate surface area is 262 Å². The smallest absolute Gasteiger partial charge is 0.417 e. The first-order valence-corrected chi connectivity index (χ1v) is 16.1. The summed E-state index contributed by atoms with van der Waals surface area (Å²) in [5.74, 6) is -0.710. The van der Waals surface area contributed by atoms with E-state index in [4.69, 9.17) is 10.5 Å². The van der Waals surface area contributed by atoms with Crippen molar-refractivity contribution in [3.63, 3.8) is 0 Å². The van der Waals surface area contributed by atoms with Gasteiger partial charge in [-0.3, -0.25) is 14.5 Å². The summed E-state index contributed by atoms with van der Waals surface area (Å²) in [5.41, 5.74) is 6.47. The average molecular weight is 653 g/mol. The maximum Gasteiger partial charge on any atom is 0.417 e. The van der Waals surface area contributed by atoms with Crippen molar-refractivity contribution in [3.8, 4) is 0 Å². The van der Waals surface area contributed by atoms with Gasteiger partial charge in [-0.1, -0.05) is 78.5 Å². The van der Waals surface area contributed by atoms with Crippen LogP contribution in [0.4, 0.5) is 13.2 Å². The normalized spacial score (nSPS) is 18.6. The lowest BCUT2D eigenvalue weighted by molar-refractivity contribution is -0.153. The lowest BCUT2D eigenvalue weighted by atomic mass is 10.0. The van der Waals surface area contributed by atoms with Gasteiger partial charge in [-0.15, -0.1) is 23.1 Å². The lowest BCUT2D eigenvalue weighted by Gasteiger charge is -2.48. The van der Waals surface area contributed by atoms with E-state index in [0.717, 1.165) is 40.3 Å². The monoisotopic (exact) mass is 652 g/mol. The summed E-state index contributed by atoms with van der Waals surface area (Å²) in [7, 11) is 0. The summed E-state index contributed by atoms with van der Waals surface area (Å²) in [6.07, 6.45) is -3.72. The molecule has 0 aliphatic carbocycles. The Morgan fingerprint density at radius 1 is 1.00 bits per heavy atom. The zero-order valence-electron chi connectivity index (χ0n) is 22.7. The van der Waals surface area contributed by atoms with E-state index in [1.165, 1.54) is 34.9 Å². The van der Waals surface area contributed by atoms with Gasteiger partial charge in [0.2, 0.25) is 5.91 Å². The molecule has 6 rings (SSSR count). The molecule has 3 heterocycles. The van der Waals surface area contributed by atoms with E-state index in [2.05, 4.69) is 0 Å². The van der Waals surface area contributed by atoms with Gasteiger partial charge in [-0.25, -0.2) is 4.79 Å². The van der Waals surface area contributed by atoms with Crippen LogP contribution < -0.4 is 11.2 Å². The maximum atomic E-state index is 13.8. The summed E-state index contributed by atoms with van der Waals surface area (Å²) in [5, 5.41) is 0.875. The summed E-state index contributed by atoms with van der Waals surface area (Å²) < 4.78 is 47.2. The second-order valence-electron chi connectivity index (χ2n) is 9.94. The Hall–Kier alpha value is -3.84. The van der Waals surface area contributed by atoms with Crippen LogP contribution in [0.25, 0.3) is 10.1 Å². The van der Waals surface area contributed by atoms with Crippen molar-refractivity contribution in [3.05, 3.63) is 135 Å². The van der Waals surface area contributed by atoms with Crippen molar-refractivity contribution in [1.82, 2.24) is 4.90 Å². The van der Waals surface area contributed by atoms with Crippen LogP contribution >= 0.6 is 34.9 Å². The first-order valence-electron chi connectivity index (χ1n) is 13.3. The van der Waals surface area contributed by atoms with Gasteiger partial charge in [0, 0.05) is 16.5 Å². The zero-order chi connectivity index (χ0) is 31.0. The highest BCUT2D eigenvalue weighted by Gasteiger charge is 2.52. The number of ether oxygens (including phenoxy) is 1. The number of carbonyl (C=O) groups is 2. The van der Waals surface area contributed by atoms with E-state index in [1.807, 2.05) is 60.7 Å². The van der Waals surface area contributed by atoms with Crippen molar-refractivity contribution >= 4 is 56.8 Å². The van der Waals surface area contributed by atoms with Gasteiger partial charge >= 0.3 is 12.1 Å². The van der Waals surface area contributed by atoms with Crippen molar-refractivity contribution in [1.29, 1.82) is 0 Å². The van der Waals surface area contributed by atoms with Crippen LogP contribution in [0.2, 0.25) is 0 Å². The molecule has 0 saturated carbocycles. The number of benzene rings is 3. The number of halogens is 3. The third-order valence-electron chi connectivity index (χ3n) is 7.15. The Morgan fingerprint density at radius 3 is 2.30 bits per heavy atom. The zero-order valence-corrected chi connectivity index (χ0v) is 25.1. The number of β-lactam (4-membered cyclic amide) rings is 1. The van der Waals surface area contributed by atoms with Gasteiger partial charge < -0.3 is 10.5 Å². The molecule has 2 aliphatic rings. The number of rotatable bonds is 7. The van der Waals surface area contributed by atoms with Crippen molar-refractivity contribution < 1.29 is 27.5 Å². The number of thioether (sulfide) groups is 2. The molecular formula is C32H23F3N2O4S3. The molecule has 12 heteroatoms. The molecule has 1 fully saturated rings. The Kier molecular flexibility index (Phi) is 8.42. The second-order valence-corrected chi connectivity index (χ2v) is 13.3. The molecule has 3 aromatic carbocycles. The predicted molar refractivity (Wildman–Crippen MR) is 167 cm³/mol.